The Kier molecular flexibility index (Phi) is 5.41. The van der Waals surface area contributed by atoms with Gasteiger partial charge in [-0.05, 0) is 0 Å². The molecule has 0 radical (unpaired) electrons. The standard InChI is InChI=1S/C9H16O9/c10-1-3-5(12)6(13)7(14)9(17-3)18-4(2-11)8(15)16/h3-7,9-14H,1-2H2,(H,15,16)/t3?,4?,5-,6-,7?,9?/m1/s1. The minimum Gasteiger partial charge on any atom is -0.479 e. The predicted molar refractivity (Wildman–Crippen MR) is 53.4 cm³/mol. The molecule has 0 aromatic heterocycles. The first-order chi connectivity index (χ1) is 8.42. The van der Waals surface area contributed by atoms with Crippen LogP contribution in [-0.2, 0) is 14.3 Å². The zero-order chi connectivity index (χ0) is 13.9. The van der Waals surface area contributed by atoms with Crippen LogP contribution in [0.2, 0.25) is 0 Å². The Hall–Kier alpha value is -0.810. The van der Waals surface area contributed by atoms with Crippen molar-refractivity contribution in [2.45, 2.75) is 36.8 Å². The number of aliphatic hydroxyl groups excluding tert-OH is 5. The van der Waals surface area contributed by atoms with E-state index in [2.05, 4.69) is 0 Å². The van der Waals surface area contributed by atoms with Gasteiger partial charge in [0.05, 0.1) is 13.2 Å². The molecule has 9 nitrogen and oxygen atoms in total. The van der Waals surface area contributed by atoms with Crippen molar-refractivity contribution in [3.63, 3.8) is 0 Å². The van der Waals surface area contributed by atoms with Gasteiger partial charge in [0.2, 0.25) is 0 Å². The summed E-state index contributed by atoms with van der Waals surface area (Å²) in [5.74, 6) is -1.48. The second kappa shape index (κ2) is 6.38. The van der Waals surface area contributed by atoms with Crippen LogP contribution in [0.3, 0.4) is 0 Å². The molecule has 1 rings (SSSR count). The fraction of sp³-hybridized carbons (Fsp3) is 0.889. The number of aliphatic carboxylic acids is 1. The molecule has 0 amide bonds. The van der Waals surface area contributed by atoms with Gasteiger partial charge >= 0.3 is 5.97 Å². The van der Waals surface area contributed by atoms with E-state index in [0.717, 1.165) is 0 Å². The Morgan fingerprint density at radius 1 is 1.17 bits per heavy atom. The smallest absolute Gasteiger partial charge is 0.335 e. The van der Waals surface area contributed by atoms with Crippen LogP contribution in [-0.4, -0.2) is 86.6 Å². The summed E-state index contributed by atoms with van der Waals surface area (Å²) in [6, 6.07) is 0. The predicted octanol–water partition coefficient (Wildman–Crippen LogP) is -3.75. The van der Waals surface area contributed by atoms with Crippen molar-refractivity contribution in [1.29, 1.82) is 0 Å². The van der Waals surface area contributed by atoms with Crippen LogP contribution >= 0.6 is 0 Å². The second-order valence-corrected chi connectivity index (χ2v) is 3.84. The topological polar surface area (TPSA) is 157 Å². The van der Waals surface area contributed by atoms with Crippen molar-refractivity contribution < 1.29 is 44.9 Å². The lowest BCUT2D eigenvalue weighted by molar-refractivity contribution is -0.311. The fourth-order valence-electron chi connectivity index (χ4n) is 1.52. The molecule has 1 saturated heterocycles. The van der Waals surface area contributed by atoms with Crippen LogP contribution in [0.4, 0.5) is 0 Å². The van der Waals surface area contributed by atoms with Crippen molar-refractivity contribution >= 4 is 5.97 Å². The van der Waals surface area contributed by atoms with Gasteiger partial charge in [-0.2, -0.15) is 0 Å². The summed E-state index contributed by atoms with van der Waals surface area (Å²) < 4.78 is 9.67. The number of hydrogen-bond acceptors (Lipinski definition) is 8. The monoisotopic (exact) mass is 268 g/mol. The van der Waals surface area contributed by atoms with E-state index in [-0.39, 0.29) is 0 Å². The molecule has 0 spiro atoms. The molecule has 6 atom stereocenters. The van der Waals surface area contributed by atoms with E-state index in [0.29, 0.717) is 0 Å². The molecule has 106 valence electrons. The third-order valence-electron chi connectivity index (χ3n) is 2.59. The number of carbonyl (C=O) groups is 1. The van der Waals surface area contributed by atoms with Gasteiger partial charge < -0.3 is 40.1 Å². The highest BCUT2D eigenvalue weighted by atomic mass is 16.7. The zero-order valence-electron chi connectivity index (χ0n) is 9.29. The summed E-state index contributed by atoms with van der Waals surface area (Å²) in [5, 5.41) is 54.7. The maximum atomic E-state index is 10.6. The summed E-state index contributed by atoms with van der Waals surface area (Å²) in [6.45, 7) is -1.51. The summed E-state index contributed by atoms with van der Waals surface area (Å²) in [7, 11) is 0. The van der Waals surface area contributed by atoms with E-state index in [9.17, 15) is 20.1 Å². The van der Waals surface area contributed by atoms with Gasteiger partial charge in [0.15, 0.2) is 12.4 Å². The van der Waals surface area contributed by atoms with E-state index >= 15 is 0 Å². The molecule has 0 saturated carbocycles. The number of carboxylic acid groups (broad SMARTS) is 1. The lowest BCUT2D eigenvalue weighted by Gasteiger charge is -2.40. The van der Waals surface area contributed by atoms with E-state index in [1.54, 1.807) is 0 Å². The highest BCUT2D eigenvalue weighted by Gasteiger charge is 2.45. The van der Waals surface area contributed by atoms with Crippen LogP contribution < -0.4 is 0 Å². The minimum atomic E-state index is -1.70. The summed E-state index contributed by atoms with van der Waals surface area (Å²) >= 11 is 0. The third-order valence-corrected chi connectivity index (χ3v) is 2.59. The van der Waals surface area contributed by atoms with Crippen LogP contribution in [0.5, 0.6) is 0 Å². The van der Waals surface area contributed by atoms with Crippen molar-refractivity contribution in [2.75, 3.05) is 13.2 Å². The fourth-order valence-corrected chi connectivity index (χ4v) is 1.52. The Morgan fingerprint density at radius 3 is 2.22 bits per heavy atom. The van der Waals surface area contributed by atoms with Crippen molar-refractivity contribution in [3.05, 3.63) is 0 Å². The van der Waals surface area contributed by atoms with Gasteiger partial charge in [-0.15, -0.1) is 0 Å². The summed E-state index contributed by atoms with van der Waals surface area (Å²) in [5.41, 5.74) is 0. The third kappa shape index (κ3) is 3.14. The van der Waals surface area contributed by atoms with E-state index < -0.39 is 56.0 Å². The first kappa shape index (κ1) is 15.2. The SMILES string of the molecule is O=C(O)C(CO)OC1OC(CO)[C@@H](O)[C@@H](O)C1O. The Morgan fingerprint density at radius 2 is 1.78 bits per heavy atom. The van der Waals surface area contributed by atoms with Crippen LogP contribution in [0.1, 0.15) is 0 Å². The average molecular weight is 268 g/mol. The summed E-state index contributed by atoms with van der Waals surface area (Å²) in [4.78, 5) is 10.6. The van der Waals surface area contributed by atoms with Crippen LogP contribution in [0.25, 0.3) is 0 Å². The number of ether oxygens (including phenoxy) is 2. The zero-order valence-corrected chi connectivity index (χ0v) is 9.29. The lowest BCUT2D eigenvalue weighted by atomic mass is 9.99. The molecule has 4 unspecified atom stereocenters. The Bertz CT molecular complexity index is 281. The second-order valence-electron chi connectivity index (χ2n) is 3.84. The molecule has 1 aliphatic heterocycles. The number of carboxylic acids is 1. The Balaban J connectivity index is 2.72. The number of aliphatic hydroxyl groups is 5. The van der Waals surface area contributed by atoms with E-state index in [1.165, 1.54) is 0 Å². The quantitative estimate of drug-likeness (QED) is 0.294. The minimum absolute atomic E-state index is 0.651. The van der Waals surface area contributed by atoms with Crippen LogP contribution in [0, 0.1) is 0 Å². The van der Waals surface area contributed by atoms with Crippen LogP contribution in [0.15, 0.2) is 0 Å². The van der Waals surface area contributed by atoms with Gasteiger partial charge in [0, 0.05) is 0 Å². The van der Waals surface area contributed by atoms with Crippen molar-refractivity contribution in [2.24, 2.45) is 0 Å². The number of hydrogen-bond donors (Lipinski definition) is 6. The van der Waals surface area contributed by atoms with E-state index in [1.807, 2.05) is 0 Å². The van der Waals surface area contributed by atoms with Gasteiger partial charge in [0.1, 0.15) is 24.4 Å². The first-order valence-electron chi connectivity index (χ1n) is 5.22. The first-order valence-corrected chi connectivity index (χ1v) is 5.22. The molecule has 0 aromatic rings. The highest BCUT2D eigenvalue weighted by molar-refractivity contribution is 5.72. The molecule has 9 heteroatoms. The molecule has 1 heterocycles. The number of rotatable bonds is 5. The molecule has 0 aromatic carbocycles. The van der Waals surface area contributed by atoms with E-state index in [4.69, 9.17) is 24.8 Å². The molecular formula is C9H16O9. The molecule has 0 bridgehead atoms. The van der Waals surface area contributed by atoms with Gasteiger partial charge in [-0.3, -0.25) is 0 Å². The van der Waals surface area contributed by atoms with Gasteiger partial charge in [-0.25, -0.2) is 4.79 Å². The molecule has 1 fully saturated rings. The van der Waals surface area contributed by atoms with Crippen molar-refractivity contribution in [1.82, 2.24) is 0 Å². The molecule has 6 N–H and O–H groups in total. The largest absolute Gasteiger partial charge is 0.479 e. The maximum absolute atomic E-state index is 10.6. The normalized spacial score (nSPS) is 38.4. The average Bonchev–Trinajstić information content (AvgIpc) is 2.35. The Labute approximate surface area is 102 Å². The molecular weight excluding hydrogens is 252 g/mol. The lowest BCUT2D eigenvalue weighted by Crippen LogP contribution is -2.60. The molecule has 1 aliphatic rings. The maximum Gasteiger partial charge on any atom is 0.335 e. The summed E-state index contributed by atoms with van der Waals surface area (Å²) in [6.07, 6.45) is -9.32. The highest BCUT2D eigenvalue weighted by Crippen LogP contribution is 2.22. The molecule has 18 heavy (non-hydrogen) atoms. The molecule has 0 aliphatic carbocycles. The van der Waals surface area contributed by atoms with Crippen molar-refractivity contribution in [3.8, 4) is 0 Å². The van der Waals surface area contributed by atoms with Gasteiger partial charge in [-0.1, -0.05) is 0 Å². The van der Waals surface area contributed by atoms with Gasteiger partial charge in [0.25, 0.3) is 0 Å².